The van der Waals surface area contributed by atoms with E-state index in [-0.39, 0.29) is 11.4 Å². The van der Waals surface area contributed by atoms with Crippen molar-refractivity contribution in [2.24, 2.45) is 0 Å². The van der Waals surface area contributed by atoms with E-state index in [9.17, 15) is 8.78 Å². The fourth-order valence-electron chi connectivity index (χ4n) is 3.11. The maximum absolute atomic E-state index is 14.4. The van der Waals surface area contributed by atoms with Crippen LogP contribution in [0.2, 0.25) is 0 Å². The van der Waals surface area contributed by atoms with Gasteiger partial charge >= 0.3 is 0 Å². The molecule has 0 aliphatic heterocycles. The van der Waals surface area contributed by atoms with Gasteiger partial charge in [-0.3, -0.25) is 0 Å². The van der Waals surface area contributed by atoms with Crippen molar-refractivity contribution in [3.8, 4) is 45.4 Å². The van der Waals surface area contributed by atoms with Crippen LogP contribution in [0.1, 0.15) is 0 Å². The summed E-state index contributed by atoms with van der Waals surface area (Å²) in [5, 5.41) is 0. The van der Waals surface area contributed by atoms with Crippen LogP contribution in [0.15, 0.2) is 66.7 Å². The van der Waals surface area contributed by atoms with Gasteiger partial charge in [0.05, 0.1) is 31.2 Å². The monoisotopic (exact) mass is 392 g/mol. The molecule has 0 radical (unpaired) electrons. The van der Waals surface area contributed by atoms with Gasteiger partial charge in [-0.25, -0.2) is 13.8 Å². The summed E-state index contributed by atoms with van der Waals surface area (Å²) in [5.74, 6) is -0.180. The Morgan fingerprint density at radius 3 is 1.93 bits per heavy atom. The Morgan fingerprint density at radius 2 is 1.34 bits per heavy atom. The molecule has 0 aliphatic rings. The molecule has 0 fully saturated rings. The van der Waals surface area contributed by atoms with E-state index in [0.717, 1.165) is 22.9 Å². The Kier molecular flexibility index (Phi) is 4.99. The fourth-order valence-corrected chi connectivity index (χ4v) is 3.11. The van der Waals surface area contributed by atoms with Crippen LogP contribution in [-0.2, 0) is 0 Å². The molecule has 0 unspecified atom stereocenters. The van der Waals surface area contributed by atoms with Crippen molar-refractivity contribution in [1.29, 1.82) is 0 Å². The number of hydrogen-bond donors (Lipinski definition) is 1. The smallest absolute Gasteiger partial charge is 0.169 e. The Balaban J connectivity index is 1.88. The molecule has 0 atom stereocenters. The van der Waals surface area contributed by atoms with E-state index in [1.54, 1.807) is 14.2 Å². The number of imidazole rings is 1. The Morgan fingerprint density at radius 1 is 0.759 bits per heavy atom. The van der Waals surface area contributed by atoms with Gasteiger partial charge in [-0.1, -0.05) is 6.07 Å². The average molecular weight is 392 g/mol. The van der Waals surface area contributed by atoms with E-state index in [1.807, 2.05) is 48.5 Å². The van der Waals surface area contributed by atoms with Crippen LogP contribution in [0.4, 0.5) is 8.78 Å². The van der Waals surface area contributed by atoms with Gasteiger partial charge in [0.25, 0.3) is 0 Å². The number of rotatable bonds is 5. The van der Waals surface area contributed by atoms with Crippen molar-refractivity contribution >= 4 is 0 Å². The summed E-state index contributed by atoms with van der Waals surface area (Å²) >= 11 is 0. The van der Waals surface area contributed by atoms with Crippen LogP contribution in [0.5, 0.6) is 11.5 Å². The van der Waals surface area contributed by atoms with E-state index in [2.05, 4.69) is 9.97 Å². The Hall–Kier alpha value is -3.67. The molecule has 0 saturated carbocycles. The molecule has 1 N–H and O–H groups in total. The number of halogens is 2. The van der Waals surface area contributed by atoms with Crippen LogP contribution in [-0.4, -0.2) is 24.2 Å². The summed E-state index contributed by atoms with van der Waals surface area (Å²) < 4.78 is 38.5. The van der Waals surface area contributed by atoms with Crippen molar-refractivity contribution in [2.45, 2.75) is 0 Å². The summed E-state index contributed by atoms with van der Waals surface area (Å²) in [6, 6.07) is 18.8. The first-order valence-electron chi connectivity index (χ1n) is 8.94. The quantitative estimate of drug-likeness (QED) is 0.473. The highest BCUT2D eigenvalue weighted by Crippen LogP contribution is 2.35. The van der Waals surface area contributed by atoms with Crippen molar-refractivity contribution in [3.63, 3.8) is 0 Å². The van der Waals surface area contributed by atoms with Crippen molar-refractivity contribution in [3.05, 3.63) is 78.4 Å². The molecule has 4 nitrogen and oxygen atoms in total. The summed E-state index contributed by atoms with van der Waals surface area (Å²) in [5.41, 5.74) is 3.04. The van der Waals surface area contributed by atoms with Gasteiger partial charge in [0.2, 0.25) is 0 Å². The predicted octanol–water partition coefficient (Wildman–Crippen LogP) is 5.71. The molecular weight excluding hydrogens is 374 g/mol. The molecule has 3 aromatic carbocycles. The zero-order valence-electron chi connectivity index (χ0n) is 15.9. The minimum atomic E-state index is -0.941. The number of ether oxygens (including phenoxy) is 2. The lowest BCUT2D eigenvalue weighted by molar-refractivity contribution is 0.414. The first kappa shape index (κ1) is 18.7. The maximum atomic E-state index is 14.4. The minimum Gasteiger partial charge on any atom is -0.497 e. The van der Waals surface area contributed by atoms with Gasteiger partial charge in [-0.15, -0.1) is 0 Å². The third-order valence-corrected chi connectivity index (χ3v) is 4.65. The van der Waals surface area contributed by atoms with Crippen LogP contribution in [0, 0.1) is 11.6 Å². The molecule has 4 aromatic rings. The van der Waals surface area contributed by atoms with Gasteiger partial charge < -0.3 is 14.5 Å². The molecular formula is C23H18F2N2O2. The second kappa shape index (κ2) is 7.75. The van der Waals surface area contributed by atoms with Gasteiger partial charge in [0.1, 0.15) is 17.3 Å². The van der Waals surface area contributed by atoms with Crippen LogP contribution >= 0.6 is 0 Å². The fraction of sp³-hybridized carbons (Fsp3) is 0.0870. The van der Waals surface area contributed by atoms with Gasteiger partial charge in [-0.05, 0) is 60.7 Å². The maximum Gasteiger partial charge on any atom is 0.169 e. The van der Waals surface area contributed by atoms with Gasteiger partial charge in [0.15, 0.2) is 11.6 Å². The lowest BCUT2D eigenvalue weighted by atomic mass is 10.0. The third kappa shape index (κ3) is 3.57. The van der Waals surface area contributed by atoms with Crippen LogP contribution in [0.3, 0.4) is 0 Å². The van der Waals surface area contributed by atoms with Crippen molar-refractivity contribution in [1.82, 2.24) is 9.97 Å². The summed E-state index contributed by atoms with van der Waals surface area (Å²) in [6.45, 7) is 0. The van der Waals surface area contributed by atoms with E-state index in [4.69, 9.17) is 9.47 Å². The minimum absolute atomic E-state index is 0.0690. The van der Waals surface area contributed by atoms with Crippen LogP contribution in [0.25, 0.3) is 33.9 Å². The standard InChI is InChI=1S/C23H18F2N2O2/c1-28-16-10-6-14(7-11-16)21-22(15-8-12-17(29-2)13-9-15)27-23(26-21)18-4-3-5-19(24)20(18)25/h3-13H,1-2H3,(H,26,27). The lowest BCUT2D eigenvalue weighted by Gasteiger charge is -2.06. The summed E-state index contributed by atoms with van der Waals surface area (Å²) in [7, 11) is 3.19. The zero-order valence-corrected chi connectivity index (χ0v) is 15.9. The number of hydrogen-bond acceptors (Lipinski definition) is 3. The lowest BCUT2D eigenvalue weighted by Crippen LogP contribution is -1.90. The largest absolute Gasteiger partial charge is 0.497 e. The number of benzene rings is 3. The van der Waals surface area contributed by atoms with E-state index in [0.29, 0.717) is 17.1 Å². The number of methoxy groups -OCH3 is 2. The number of nitrogens with one attached hydrogen (secondary N) is 1. The molecule has 0 aliphatic carbocycles. The highest BCUT2D eigenvalue weighted by Gasteiger charge is 2.19. The number of aromatic amines is 1. The van der Waals surface area contributed by atoms with Crippen molar-refractivity contribution in [2.75, 3.05) is 14.2 Å². The molecule has 146 valence electrons. The van der Waals surface area contributed by atoms with Crippen molar-refractivity contribution < 1.29 is 18.3 Å². The average Bonchev–Trinajstić information content (AvgIpc) is 3.21. The normalized spacial score (nSPS) is 10.8. The SMILES string of the molecule is COc1ccc(-c2nc(-c3cccc(F)c3F)[nH]c2-c2ccc(OC)cc2)cc1. The Bertz CT molecular complexity index is 1070. The number of H-pyrrole nitrogens is 1. The Labute approximate surface area is 166 Å². The molecule has 29 heavy (non-hydrogen) atoms. The van der Waals surface area contributed by atoms with E-state index < -0.39 is 11.6 Å². The topological polar surface area (TPSA) is 47.1 Å². The molecule has 6 heteroatoms. The predicted molar refractivity (Wildman–Crippen MR) is 108 cm³/mol. The number of aromatic nitrogens is 2. The summed E-state index contributed by atoms with van der Waals surface area (Å²) in [6.07, 6.45) is 0. The van der Waals surface area contributed by atoms with Gasteiger partial charge in [-0.2, -0.15) is 0 Å². The third-order valence-electron chi connectivity index (χ3n) is 4.65. The molecule has 1 heterocycles. The van der Waals surface area contributed by atoms with E-state index >= 15 is 0 Å². The highest BCUT2D eigenvalue weighted by atomic mass is 19.2. The van der Waals surface area contributed by atoms with E-state index in [1.165, 1.54) is 12.1 Å². The molecule has 0 saturated heterocycles. The molecule has 0 bridgehead atoms. The molecule has 0 spiro atoms. The molecule has 0 amide bonds. The van der Waals surface area contributed by atoms with Crippen LogP contribution < -0.4 is 9.47 Å². The zero-order chi connectivity index (χ0) is 20.4. The van der Waals surface area contributed by atoms with Gasteiger partial charge in [0, 0.05) is 11.1 Å². The summed E-state index contributed by atoms with van der Waals surface area (Å²) in [4.78, 5) is 7.75. The second-order valence-corrected chi connectivity index (χ2v) is 6.37. The first-order chi connectivity index (χ1) is 14.1. The highest BCUT2D eigenvalue weighted by molar-refractivity contribution is 5.81. The number of nitrogens with zero attached hydrogens (tertiary/aromatic N) is 1. The molecule has 4 rings (SSSR count). The molecule has 1 aromatic heterocycles. The first-order valence-corrected chi connectivity index (χ1v) is 8.94. The second-order valence-electron chi connectivity index (χ2n) is 6.37.